The third kappa shape index (κ3) is 4.17. The molecule has 1 saturated heterocycles. The second-order valence-corrected chi connectivity index (χ2v) is 5.57. The molecule has 0 saturated carbocycles. The topological polar surface area (TPSA) is 44.7 Å². The summed E-state index contributed by atoms with van der Waals surface area (Å²) in [6.07, 6.45) is 0.980. The van der Waals surface area contributed by atoms with Crippen molar-refractivity contribution in [3.8, 4) is 0 Å². The van der Waals surface area contributed by atoms with E-state index in [1.165, 1.54) is 5.56 Å². The predicted octanol–water partition coefficient (Wildman–Crippen LogP) is 1.68. The average molecular weight is 299 g/mol. The number of aliphatic hydroxyl groups is 1. The first-order chi connectivity index (χ1) is 9.74. The normalized spacial score (nSPS) is 21.9. The minimum absolute atomic E-state index is 0.126. The van der Waals surface area contributed by atoms with Gasteiger partial charge in [0.1, 0.15) is 0 Å². The van der Waals surface area contributed by atoms with Crippen molar-refractivity contribution in [3.63, 3.8) is 0 Å². The first-order valence-electron chi connectivity index (χ1n) is 7.10. The molecule has 1 heterocycles. The summed E-state index contributed by atoms with van der Waals surface area (Å²) in [5.41, 5.74) is 1.20. The van der Waals surface area contributed by atoms with Crippen LogP contribution < -0.4 is 5.32 Å². The number of ether oxygens (including phenoxy) is 1. The molecule has 1 aliphatic heterocycles. The van der Waals surface area contributed by atoms with E-state index in [-0.39, 0.29) is 18.7 Å². The Labute approximate surface area is 125 Å². The van der Waals surface area contributed by atoms with E-state index in [0.717, 1.165) is 31.1 Å². The summed E-state index contributed by atoms with van der Waals surface area (Å²) in [7, 11) is 1.97. The number of rotatable bonds is 6. The summed E-state index contributed by atoms with van der Waals surface area (Å²) in [6.45, 7) is 3.35. The standard InChI is InChI=1S/C15H23ClN2O2/c1-17-15(12-3-2-4-13(16)9-12)5-6-18-7-8-20-11-14(18)10-19/h2-4,9,14-15,17,19H,5-8,10-11H2,1H3. The molecule has 20 heavy (non-hydrogen) atoms. The predicted molar refractivity (Wildman–Crippen MR) is 81.1 cm³/mol. The van der Waals surface area contributed by atoms with E-state index in [2.05, 4.69) is 16.3 Å². The molecule has 2 rings (SSSR count). The largest absolute Gasteiger partial charge is 0.395 e. The number of hydrogen-bond acceptors (Lipinski definition) is 4. The van der Waals surface area contributed by atoms with E-state index < -0.39 is 0 Å². The van der Waals surface area contributed by atoms with E-state index >= 15 is 0 Å². The van der Waals surface area contributed by atoms with E-state index in [4.69, 9.17) is 16.3 Å². The molecule has 0 radical (unpaired) electrons. The molecule has 112 valence electrons. The van der Waals surface area contributed by atoms with Gasteiger partial charge >= 0.3 is 0 Å². The lowest BCUT2D eigenvalue weighted by Gasteiger charge is -2.35. The van der Waals surface area contributed by atoms with Crippen LogP contribution >= 0.6 is 11.6 Å². The molecule has 1 aromatic carbocycles. The number of aliphatic hydroxyl groups excluding tert-OH is 1. The number of nitrogens with one attached hydrogen (secondary N) is 1. The summed E-state index contributed by atoms with van der Waals surface area (Å²) in [5.74, 6) is 0. The van der Waals surface area contributed by atoms with Crippen LogP contribution in [0.2, 0.25) is 5.02 Å². The van der Waals surface area contributed by atoms with Crippen LogP contribution in [0.5, 0.6) is 0 Å². The summed E-state index contributed by atoms with van der Waals surface area (Å²) in [5, 5.41) is 13.5. The van der Waals surface area contributed by atoms with Gasteiger partial charge in [0.05, 0.1) is 25.9 Å². The van der Waals surface area contributed by atoms with Crippen LogP contribution in [0.1, 0.15) is 18.0 Å². The summed E-state index contributed by atoms with van der Waals surface area (Å²) >= 11 is 6.05. The number of benzene rings is 1. The molecule has 2 atom stereocenters. The third-order valence-corrected chi connectivity index (χ3v) is 4.10. The van der Waals surface area contributed by atoms with Crippen molar-refractivity contribution in [2.24, 2.45) is 0 Å². The smallest absolute Gasteiger partial charge is 0.0644 e. The minimum atomic E-state index is 0.126. The van der Waals surface area contributed by atoms with Gasteiger partial charge in [0, 0.05) is 24.2 Å². The minimum Gasteiger partial charge on any atom is -0.395 e. The highest BCUT2D eigenvalue weighted by atomic mass is 35.5. The van der Waals surface area contributed by atoms with Crippen LogP contribution in [0.3, 0.4) is 0 Å². The molecule has 0 aliphatic carbocycles. The zero-order valence-corrected chi connectivity index (χ0v) is 12.6. The number of hydrogen-bond donors (Lipinski definition) is 2. The highest BCUT2D eigenvalue weighted by Gasteiger charge is 2.23. The molecule has 1 fully saturated rings. The first kappa shape index (κ1) is 15.7. The van der Waals surface area contributed by atoms with Crippen molar-refractivity contribution in [2.45, 2.75) is 18.5 Å². The maximum absolute atomic E-state index is 9.38. The van der Waals surface area contributed by atoms with Gasteiger partial charge in [-0.25, -0.2) is 0 Å². The zero-order chi connectivity index (χ0) is 14.4. The van der Waals surface area contributed by atoms with Crippen molar-refractivity contribution in [3.05, 3.63) is 34.9 Å². The van der Waals surface area contributed by atoms with Crippen LogP contribution in [0.15, 0.2) is 24.3 Å². The van der Waals surface area contributed by atoms with Crippen molar-refractivity contribution >= 4 is 11.6 Å². The van der Waals surface area contributed by atoms with Gasteiger partial charge in [0.2, 0.25) is 0 Å². The highest BCUT2D eigenvalue weighted by molar-refractivity contribution is 6.30. The van der Waals surface area contributed by atoms with E-state index in [1.54, 1.807) is 0 Å². The highest BCUT2D eigenvalue weighted by Crippen LogP contribution is 2.21. The fraction of sp³-hybridized carbons (Fsp3) is 0.600. The van der Waals surface area contributed by atoms with Crippen molar-refractivity contribution in [1.29, 1.82) is 0 Å². The molecule has 1 aromatic rings. The van der Waals surface area contributed by atoms with E-state index in [0.29, 0.717) is 6.61 Å². The Hall–Kier alpha value is -0.650. The molecule has 2 N–H and O–H groups in total. The van der Waals surface area contributed by atoms with Crippen LogP contribution in [-0.4, -0.2) is 56.0 Å². The second-order valence-electron chi connectivity index (χ2n) is 5.13. The molecular weight excluding hydrogens is 276 g/mol. The molecule has 0 bridgehead atoms. The van der Waals surface area contributed by atoms with Gasteiger partial charge in [-0.3, -0.25) is 4.90 Å². The van der Waals surface area contributed by atoms with Gasteiger partial charge in [-0.15, -0.1) is 0 Å². The SMILES string of the molecule is CNC(CCN1CCOCC1CO)c1cccc(Cl)c1. The summed E-state index contributed by atoms with van der Waals surface area (Å²) < 4.78 is 5.40. The molecule has 4 nitrogen and oxygen atoms in total. The maximum Gasteiger partial charge on any atom is 0.0644 e. The zero-order valence-electron chi connectivity index (χ0n) is 11.9. The van der Waals surface area contributed by atoms with Crippen molar-refractivity contribution in [2.75, 3.05) is 40.0 Å². The number of halogens is 1. The Morgan fingerprint density at radius 3 is 3.10 bits per heavy atom. The lowest BCUT2D eigenvalue weighted by molar-refractivity contribution is -0.0285. The molecular formula is C15H23ClN2O2. The monoisotopic (exact) mass is 298 g/mol. The Balaban J connectivity index is 1.93. The van der Waals surface area contributed by atoms with Gasteiger partial charge in [-0.05, 0) is 31.2 Å². The lowest BCUT2D eigenvalue weighted by Crippen LogP contribution is -2.48. The number of nitrogens with zero attached hydrogens (tertiary/aromatic N) is 1. The summed E-state index contributed by atoms with van der Waals surface area (Å²) in [6, 6.07) is 8.37. The molecule has 0 amide bonds. The Morgan fingerprint density at radius 1 is 1.55 bits per heavy atom. The van der Waals surface area contributed by atoms with Gasteiger partial charge in [-0.2, -0.15) is 0 Å². The third-order valence-electron chi connectivity index (χ3n) is 3.86. The molecule has 0 spiro atoms. The first-order valence-corrected chi connectivity index (χ1v) is 7.47. The van der Waals surface area contributed by atoms with Gasteiger partial charge < -0.3 is 15.2 Å². The lowest BCUT2D eigenvalue weighted by atomic mass is 10.0. The van der Waals surface area contributed by atoms with Crippen LogP contribution in [0, 0.1) is 0 Å². The fourth-order valence-corrected chi connectivity index (χ4v) is 2.85. The molecule has 1 aliphatic rings. The van der Waals surface area contributed by atoms with Crippen LogP contribution in [0.4, 0.5) is 0 Å². The van der Waals surface area contributed by atoms with Crippen molar-refractivity contribution < 1.29 is 9.84 Å². The van der Waals surface area contributed by atoms with Gasteiger partial charge in [-0.1, -0.05) is 23.7 Å². The number of morpholine rings is 1. The molecule has 2 unspecified atom stereocenters. The fourth-order valence-electron chi connectivity index (χ4n) is 2.65. The quantitative estimate of drug-likeness (QED) is 0.839. The van der Waals surface area contributed by atoms with E-state index in [9.17, 15) is 5.11 Å². The maximum atomic E-state index is 9.38. The molecule has 5 heteroatoms. The van der Waals surface area contributed by atoms with Crippen LogP contribution in [0.25, 0.3) is 0 Å². The second kappa shape index (κ2) is 7.96. The summed E-state index contributed by atoms with van der Waals surface area (Å²) in [4.78, 5) is 2.30. The van der Waals surface area contributed by atoms with E-state index in [1.807, 2.05) is 25.2 Å². The Morgan fingerprint density at radius 2 is 2.40 bits per heavy atom. The average Bonchev–Trinajstić information content (AvgIpc) is 2.48. The Bertz CT molecular complexity index is 417. The van der Waals surface area contributed by atoms with Gasteiger partial charge in [0.15, 0.2) is 0 Å². The van der Waals surface area contributed by atoms with Gasteiger partial charge in [0.25, 0.3) is 0 Å². The van der Waals surface area contributed by atoms with Crippen LogP contribution in [-0.2, 0) is 4.74 Å². The Kier molecular flexibility index (Phi) is 6.26. The van der Waals surface area contributed by atoms with Crippen molar-refractivity contribution in [1.82, 2.24) is 10.2 Å². The molecule has 0 aromatic heterocycles.